The van der Waals surface area contributed by atoms with E-state index in [1.807, 2.05) is 47.8 Å². The van der Waals surface area contributed by atoms with Gasteiger partial charge in [0.05, 0.1) is 37.6 Å². The molecular weight excluding hydrogens is 480 g/mol. The summed E-state index contributed by atoms with van der Waals surface area (Å²) in [6, 6.07) is 18.0. The van der Waals surface area contributed by atoms with E-state index in [9.17, 15) is 4.79 Å². The number of anilines is 2. The van der Waals surface area contributed by atoms with Gasteiger partial charge in [0, 0.05) is 23.4 Å². The van der Waals surface area contributed by atoms with Crippen molar-refractivity contribution >= 4 is 34.4 Å². The molecule has 11 heteroatoms. The first-order valence-corrected chi connectivity index (χ1v) is 11.7. The molecule has 0 radical (unpaired) electrons. The van der Waals surface area contributed by atoms with Crippen LogP contribution in [0, 0.1) is 0 Å². The van der Waals surface area contributed by atoms with Crippen LogP contribution in [0.25, 0.3) is 27.6 Å². The van der Waals surface area contributed by atoms with Crippen LogP contribution in [0.4, 0.5) is 16.2 Å². The second kappa shape index (κ2) is 9.92. The van der Waals surface area contributed by atoms with E-state index in [1.165, 1.54) is 21.3 Å². The van der Waals surface area contributed by atoms with Crippen molar-refractivity contribution in [3.63, 3.8) is 0 Å². The van der Waals surface area contributed by atoms with Crippen LogP contribution in [0.5, 0.6) is 17.2 Å². The quantitative estimate of drug-likeness (QED) is 0.315. The number of rotatable bonds is 7. The number of urea groups is 1. The average Bonchev–Trinajstić information content (AvgIpc) is 3.57. The molecule has 0 aliphatic heterocycles. The third kappa shape index (κ3) is 4.51. The van der Waals surface area contributed by atoms with E-state index < -0.39 is 6.03 Å². The van der Waals surface area contributed by atoms with Gasteiger partial charge in [0.15, 0.2) is 23.0 Å². The standard InChI is InChI=1S/C25H22N6O4S/c1-33-19-13-17(14-20(34-2)23(19)35-3)27-25(32)26-16-7-4-6-15(12-16)18-9-10-22-28-29-24(31(22)30-18)21-8-5-11-36-21/h4-14H,1-3H3,(H2,26,27,32). The minimum atomic E-state index is -0.427. The maximum atomic E-state index is 12.7. The van der Waals surface area contributed by atoms with Crippen LogP contribution in [0.2, 0.25) is 0 Å². The van der Waals surface area contributed by atoms with Crippen molar-refractivity contribution < 1.29 is 19.0 Å². The molecule has 182 valence electrons. The van der Waals surface area contributed by atoms with Crippen molar-refractivity contribution in [3.8, 4) is 39.2 Å². The Kier molecular flexibility index (Phi) is 6.37. The summed E-state index contributed by atoms with van der Waals surface area (Å²) in [7, 11) is 4.55. The summed E-state index contributed by atoms with van der Waals surface area (Å²) in [6.07, 6.45) is 0. The molecule has 2 aromatic carbocycles. The Morgan fingerprint density at radius 2 is 1.64 bits per heavy atom. The van der Waals surface area contributed by atoms with E-state index in [1.54, 1.807) is 34.1 Å². The van der Waals surface area contributed by atoms with Gasteiger partial charge in [-0.1, -0.05) is 18.2 Å². The highest BCUT2D eigenvalue weighted by molar-refractivity contribution is 7.13. The SMILES string of the molecule is COc1cc(NC(=O)Nc2cccc(-c3ccc4nnc(-c5cccs5)n4n3)c2)cc(OC)c1OC. The highest BCUT2D eigenvalue weighted by atomic mass is 32.1. The predicted molar refractivity (Wildman–Crippen MR) is 138 cm³/mol. The van der Waals surface area contributed by atoms with Gasteiger partial charge in [-0.25, -0.2) is 4.79 Å². The smallest absolute Gasteiger partial charge is 0.323 e. The number of ether oxygens (including phenoxy) is 3. The normalized spacial score (nSPS) is 10.8. The third-order valence-corrected chi connectivity index (χ3v) is 6.21. The van der Waals surface area contributed by atoms with Gasteiger partial charge in [-0.3, -0.25) is 0 Å². The van der Waals surface area contributed by atoms with Gasteiger partial charge in [-0.2, -0.15) is 9.61 Å². The Morgan fingerprint density at radius 3 is 2.33 bits per heavy atom. The molecule has 5 rings (SSSR count). The van der Waals surface area contributed by atoms with Crippen molar-refractivity contribution in [1.82, 2.24) is 19.8 Å². The fourth-order valence-electron chi connectivity index (χ4n) is 3.71. The van der Waals surface area contributed by atoms with Crippen molar-refractivity contribution in [3.05, 3.63) is 66.0 Å². The lowest BCUT2D eigenvalue weighted by Crippen LogP contribution is -2.19. The fourth-order valence-corrected chi connectivity index (χ4v) is 4.40. The second-order valence-electron chi connectivity index (χ2n) is 7.56. The summed E-state index contributed by atoms with van der Waals surface area (Å²) in [6.45, 7) is 0. The van der Waals surface area contributed by atoms with Gasteiger partial charge in [0.25, 0.3) is 0 Å². The Bertz CT molecular complexity index is 1510. The van der Waals surface area contributed by atoms with Crippen LogP contribution in [0.3, 0.4) is 0 Å². The molecule has 0 saturated carbocycles. The van der Waals surface area contributed by atoms with Crippen LogP contribution in [-0.4, -0.2) is 47.2 Å². The summed E-state index contributed by atoms with van der Waals surface area (Å²) in [5.41, 5.74) is 3.28. The van der Waals surface area contributed by atoms with Gasteiger partial charge in [-0.05, 0) is 35.7 Å². The number of hydrogen-bond acceptors (Lipinski definition) is 8. The van der Waals surface area contributed by atoms with Gasteiger partial charge < -0.3 is 24.8 Å². The Balaban J connectivity index is 1.37. The number of thiophene rings is 1. The van der Waals surface area contributed by atoms with E-state index in [0.29, 0.717) is 45.8 Å². The number of carbonyl (C=O) groups is 1. The molecule has 0 aliphatic rings. The molecule has 0 aliphatic carbocycles. The Labute approximate surface area is 210 Å². The van der Waals surface area contributed by atoms with E-state index in [-0.39, 0.29) is 0 Å². The third-order valence-electron chi connectivity index (χ3n) is 5.34. The van der Waals surface area contributed by atoms with Crippen LogP contribution >= 0.6 is 11.3 Å². The lowest BCUT2D eigenvalue weighted by atomic mass is 10.1. The highest BCUT2D eigenvalue weighted by Crippen LogP contribution is 2.40. The van der Waals surface area contributed by atoms with Gasteiger partial charge in [0.1, 0.15) is 0 Å². The molecule has 2 N–H and O–H groups in total. The molecule has 3 heterocycles. The number of methoxy groups -OCH3 is 3. The number of amides is 2. The van der Waals surface area contributed by atoms with E-state index >= 15 is 0 Å². The molecular formula is C25H22N6O4S. The molecule has 0 spiro atoms. The molecule has 3 aromatic heterocycles. The van der Waals surface area contributed by atoms with Crippen LogP contribution in [0.1, 0.15) is 0 Å². The number of hydrogen-bond donors (Lipinski definition) is 2. The lowest BCUT2D eigenvalue weighted by Gasteiger charge is -2.15. The molecule has 36 heavy (non-hydrogen) atoms. The molecule has 0 bridgehead atoms. The summed E-state index contributed by atoms with van der Waals surface area (Å²) >= 11 is 1.57. The zero-order valence-electron chi connectivity index (χ0n) is 19.7. The van der Waals surface area contributed by atoms with Crippen molar-refractivity contribution in [2.75, 3.05) is 32.0 Å². The molecule has 0 atom stereocenters. The zero-order chi connectivity index (χ0) is 25.1. The van der Waals surface area contributed by atoms with Gasteiger partial charge >= 0.3 is 6.03 Å². The minimum absolute atomic E-state index is 0.427. The summed E-state index contributed by atoms with van der Waals surface area (Å²) in [5.74, 6) is 2.00. The molecule has 0 fully saturated rings. The molecule has 2 amide bonds. The number of fused-ring (bicyclic) bond motifs is 1. The lowest BCUT2D eigenvalue weighted by molar-refractivity contribution is 0.262. The highest BCUT2D eigenvalue weighted by Gasteiger charge is 2.15. The number of nitrogens with zero attached hydrogens (tertiary/aromatic N) is 4. The van der Waals surface area contributed by atoms with Crippen molar-refractivity contribution in [1.29, 1.82) is 0 Å². The predicted octanol–water partition coefficient (Wildman–Crippen LogP) is 5.19. The molecule has 0 unspecified atom stereocenters. The summed E-state index contributed by atoms with van der Waals surface area (Å²) in [4.78, 5) is 13.7. The molecule has 5 aromatic rings. The Hall–Kier alpha value is -4.64. The van der Waals surface area contributed by atoms with Crippen molar-refractivity contribution in [2.45, 2.75) is 0 Å². The van der Waals surface area contributed by atoms with E-state index in [0.717, 1.165) is 10.4 Å². The monoisotopic (exact) mass is 502 g/mol. The maximum absolute atomic E-state index is 12.7. The summed E-state index contributed by atoms with van der Waals surface area (Å²) in [5, 5.41) is 20.8. The van der Waals surface area contributed by atoms with Gasteiger partial charge in [-0.15, -0.1) is 21.5 Å². The maximum Gasteiger partial charge on any atom is 0.323 e. The van der Waals surface area contributed by atoms with E-state index in [4.69, 9.17) is 19.3 Å². The van der Waals surface area contributed by atoms with Crippen LogP contribution in [-0.2, 0) is 0 Å². The van der Waals surface area contributed by atoms with Crippen molar-refractivity contribution in [2.24, 2.45) is 0 Å². The number of benzene rings is 2. The number of nitrogens with one attached hydrogen (secondary N) is 2. The molecule has 10 nitrogen and oxygen atoms in total. The first kappa shape index (κ1) is 23.1. The topological polar surface area (TPSA) is 112 Å². The zero-order valence-corrected chi connectivity index (χ0v) is 20.5. The average molecular weight is 503 g/mol. The van der Waals surface area contributed by atoms with Crippen LogP contribution < -0.4 is 24.8 Å². The fraction of sp³-hybridized carbons (Fsp3) is 0.120. The molecule has 0 saturated heterocycles. The van der Waals surface area contributed by atoms with Gasteiger partial charge in [0.2, 0.25) is 5.75 Å². The minimum Gasteiger partial charge on any atom is -0.493 e. The van der Waals surface area contributed by atoms with E-state index in [2.05, 4.69) is 20.8 Å². The number of aromatic nitrogens is 4. The summed E-state index contributed by atoms with van der Waals surface area (Å²) < 4.78 is 17.7. The largest absolute Gasteiger partial charge is 0.493 e. The first-order chi connectivity index (χ1) is 17.6. The van der Waals surface area contributed by atoms with Crippen LogP contribution in [0.15, 0.2) is 66.0 Å². The first-order valence-electron chi connectivity index (χ1n) is 10.8. The number of carbonyl (C=O) groups excluding carboxylic acids is 1. The second-order valence-corrected chi connectivity index (χ2v) is 8.51. The Morgan fingerprint density at radius 1 is 0.861 bits per heavy atom.